The van der Waals surface area contributed by atoms with Crippen LogP contribution in [0.1, 0.15) is 35.3 Å². The Balaban J connectivity index is 1.72. The molecule has 28 heavy (non-hydrogen) atoms. The van der Waals surface area contributed by atoms with Crippen molar-refractivity contribution < 1.29 is 9.53 Å². The molecule has 0 aliphatic heterocycles. The molecule has 0 radical (unpaired) electrons. The molecule has 0 bridgehead atoms. The third-order valence-corrected chi connectivity index (χ3v) is 4.26. The van der Waals surface area contributed by atoms with Crippen molar-refractivity contribution in [3.8, 4) is 5.75 Å². The van der Waals surface area contributed by atoms with Crippen molar-refractivity contribution in [2.45, 2.75) is 33.8 Å². The summed E-state index contributed by atoms with van der Waals surface area (Å²) < 4.78 is 5.73. The molecular weight excluding hydrogens is 352 g/mol. The molecule has 6 heteroatoms. The molecule has 0 saturated heterocycles. The fourth-order valence-electron chi connectivity index (χ4n) is 2.64. The van der Waals surface area contributed by atoms with E-state index in [4.69, 9.17) is 4.74 Å². The van der Waals surface area contributed by atoms with Crippen molar-refractivity contribution in [3.63, 3.8) is 0 Å². The van der Waals surface area contributed by atoms with Gasteiger partial charge in [-0.25, -0.2) is 9.97 Å². The Morgan fingerprint density at radius 3 is 2.36 bits per heavy atom. The lowest BCUT2D eigenvalue weighted by molar-refractivity contribution is 0.102. The van der Waals surface area contributed by atoms with E-state index >= 15 is 0 Å². The van der Waals surface area contributed by atoms with Gasteiger partial charge in [-0.2, -0.15) is 0 Å². The van der Waals surface area contributed by atoms with E-state index in [1.54, 1.807) is 6.07 Å². The SMILES string of the molecule is Cc1cccc(Nc2ncc(C(=O)Nc3ccccc3OC(C)C)cn2)c1C. The van der Waals surface area contributed by atoms with Crippen LogP contribution in [-0.4, -0.2) is 22.0 Å². The molecule has 0 unspecified atom stereocenters. The molecule has 1 amide bonds. The van der Waals surface area contributed by atoms with E-state index in [1.807, 2.05) is 51.1 Å². The number of carbonyl (C=O) groups is 1. The molecule has 144 valence electrons. The van der Waals surface area contributed by atoms with Gasteiger partial charge in [0.05, 0.1) is 17.4 Å². The molecule has 0 aliphatic carbocycles. The van der Waals surface area contributed by atoms with Crippen molar-refractivity contribution in [1.29, 1.82) is 0 Å². The number of nitrogens with zero attached hydrogens (tertiary/aromatic N) is 2. The van der Waals surface area contributed by atoms with Crippen molar-refractivity contribution in [2.24, 2.45) is 0 Å². The normalized spacial score (nSPS) is 10.6. The minimum absolute atomic E-state index is 0.0109. The molecule has 6 nitrogen and oxygen atoms in total. The van der Waals surface area contributed by atoms with Crippen LogP contribution in [0.3, 0.4) is 0 Å². The average Bonchev–Trinajstić information content (AvgIpc) is 2.67. The summed E-state index contributed by atoms with van der Waals surface area (Å²) in [5.41, 5.74) is 4.24. The van der Waals surface area contributed by atoms with Gasteiger partial charge in [0.2, 0.25) is 5.95 Å². The Hall–Kier alpha value is -3.41. The first-order valence-electron chi connectivity index (χ1n) is 9.16. The number of nitrogens with one attached hydrogen (secondary N) is 2. The summed E-state index contributed by atoms with van der Waals surface area (Å²) >= 11 is 0. The lowest BCUT2D eigenvalue weighted by Gasteiger charge is -2.14. The van der Waals surface area contributed by atoms with Crippen LogP contribution < -0.4 is 15.4 Å². The fraction of sp³-hybridized carbons (Fsp3) is 0.227. The van der Waals surface area contributed by atoms with Crippen molar-refractivity contribution in [2.75, 3.05) is 10.6 Å². The molecule has 2 N–H and O–H groups in total. The number of hydrogen-bond acceptors (Lipinski definition) is 5. The second-order valence-corrected chi connectivity index (χ2v) is 6.78. The van der Waals surface area contributed by atoms with Crippen LogP contribution in [0, 0.1) is 13.8 Å². The predicted octanol–water partition coefficient (Wildman–Crippen LogP) is 4.88. The van der Waals surface area contributed by atoms with Gasteiger partial charge in [0, 0.05) is 18.1 Å². The van der Waals surface area contributed by atoms with Gasteiger partial charge in [-0.15, -0.1) is 0 Å². The van der Waals surface area contributed by atoms with E-state index in [1.165, 1.54) is 18.0 Å². The highest BCUT2D eigenvalue weighted by Gasteiger charge is 2.12. The summed E-state index contributed by atoms with van der Waals surface area (Å²) in [5.74, 6) is 0.770. The molecule has 0 aliphatic rings. The molecule has 0 fully saturated rings. The van der Waals surface area contributed by atoms with Gasteiger partial charge in [0.15, 0.2) is 0 Å². The number of anilines is 3. The van der Waals surface area contributed by atoms with Crippen LogP contribution in [0.15, 0.2) is 54.9 Å². The maximum absolute atomic E-state index is 12.6. The number of carbonyl (C=O) groups excluding carboxylic acids is 1. The highest BCUT2D eigenvalue weighted by atomic mass is 16.5. The quantitative estimate of drug-likeness (QED) is 0.641. The first-order valence-corrected chi connectivity index (χ1v) is 9.16. The van der Waals surface area contributed by atoms with Crippen molar-refractivity contribution in [3.05, 3.63) is 71.5 Å². The number of aryl methyl sites for hydroxylation is 1. The first-order chi connectivity index (χ1) is 13.4. The smallest absolute Gasteiger partial charge is 0.258 e. The molecule has 3 rings (SSSR count). The van der Waals surface area contributed by atoms with Gasteiger partial charge in [0.25, 0.3) is 5.91 Å². The zero-order valence-corrected chi connectivity index (χ0v) is 16.5. The fourth-order valence-corrected chi connectivity index (χ4v) is 2.64. The van der Waals surface area contributed by atoms with Crippen LogP contribution in [0.25, 0.3) is 0 Å². The summed E-state index contributed by atoms with van der Waals surface area (Å²) in [4.78, 5) is 21.1. The summed E-state index contributed by atoms with van der Waals surface area (Å²) in [7, 11) is 0. The zero-order chi connectivity index (χ0) is 20.1. The number of amides is 1. The Kier molecular flexibility index (Phi) is 5.89. The highest BCUT2D eigenvalue weighted by molar-refractivity contribution is 6.04. The molecule has 3 aromatic rings. The minimum atomic E-state index is -0.293. The number of benzene rings is 2. The van der Waals surface area contributed by atoms with Crippen LogP contribution in [-0.2, 0) is 0 Å². The van der Waals surface area contributed by atoms with E-state index in [0.717, 1.165) is 11.3 Å². The van der Waals surface area contributed by atoms with Gasteiger partial charge in [0.1, 0.15) is 5.75 Å². The van der Waals surface area contributed by atoms with E-state index in [0.29, 0.717) is 22.9 Å². The Morgan fingerprint density at radius 2 is 1.64 bits per heavy atom. The van der Waals surface area contributed by atoms with E-state index in [-0.39, 0.29) is 12.0 Å². The summed E-state index contributed by atoms with van der Waals surface area (Å²) in [6.07, 6.45) is 3.01. The highest BCUT2D eigenvalue weighted by Crippen LogP contribution is 2.25. The van der Waals surface area contributed by atoms with Crippen LogP contribution in [0.5, 0.6) is 5.75 Å². The molecule has 0 saturated carbocycles. The second-order valence-electron chi connectivity index (χ2n) is 6.78. The number of hydrogen-bond donors (Lipinski definition) is 2. The number of para-hydroxylation sites is 2. The van der Waals surface area contributed by atoms with Crippen LogP contribution in [0.2, 0.25) is 0 Å². The Morgan fingerprint density at radius 1 is 0.964 bits per heavy atom. The molecule has 1 aromatic heterocycles. The largest absolute Gasteiger partial charge is 0.489 e. The van der Waals surface area contributed by atoms with Gasteiger partial charge in [-0.05, 0) is 57.0 Å². The summed E-state index contributed by atoms with van der Waals surface area (Å²) in [5, 5.41) is 6.04. The first kappa shape index (κ1) is 19.4. The Bertz CT molecular complexity index is 969. The zero-order valence-electron chi connectivity index (χ0n) is 16.5. The van der Waals surface area contributed by atoms with E-state index < -0.39 is 0 Å². The maximum atomic E-state index is 12.6. The number of aromatic nitrogens is 2. The van der Waals surface area contributed by atoms with E-state index in [2.05, 4.69) is 33.6 Å². The standard InChI is InChI=1S/C22H24N4O2/c1-14(2)28-20-11-6-5-9-19(20)25-21(27)17-12-23-22(24-13-17)26-18-10-7-8-15(3)16(18)4/h5-14H,1-4H3,(H,25,27)(H,23,24,26). The molecule has 0 atom stereocenters. The third-order valence-electron chi connectivity index (χ3n) is 4.26. The van der Waals surface area contributed by atoms with Gasteiger partial charge >= 0.3 is 0 Å². The second kappa shape index (κ2) is 8.52. The predicted molar refractivity (Wildman–Crippen MR) is 111 cm³/mol. The number of ether oxygens (including phenoxy) is 1. The van der Waals surface area contributed by atoms with Gasteiger partial charge < -0.3 is 15.4 Å². The third kappa shape index (κ3) is 4.65. The minimum Gasteiger partial charge on any atom is -0.489 e. The average molecular weight is 376 g/mol. The van der Waals surface area contributed by atoms with Crippen molar-refractivity contribution >= 4 is 23.2 Å². The van der Waals surface area contributed by atoms with Crippen LogP contribution in [0.4, 0.5) is 17.3 Å². The summed E-state index contributed by atoms with van der Waals surface area (Å²) in [6, 6.07) is 13.3. The molecular formula is C22H24N4O2. The molecule has 0 spiro atoms. The van der Waals surface area contributed by atoms with E-state index in [9.17, 15) is 4.79 Å². The molecule has 2 aromatic carbocycles. The lowest BCUT2D eigenvalue weighted by Crippen LogP contribution is -2.15. The lowest BCUT2D eigenvalue weighted by atomic mass is 10.1. The van der Waals surface area contributed by atoms with Crippen LogP contribution >= 0.6 is 0 Å². The Labute approximate surface area is 165 Å². The number of rotatable bonds is 6. The molecule has 1 heterocycles. The van der Waals surface area contributed by atoms with Crippen molar-refractivity contribution in [1.82, 2.24) is 9.97 Å². The monoisotopic (exact) mass is 376 g/mol. The topological polar surface area (TPSA) is 76.1 Å². The van der Waals surface area contributed by atoms with Gasteiger partial charge in [-0.3, -0.25) is 4.79 Å². The summed E-state index contributed by atoms with van der Waals surface area (Å²) in [6.45, 7) is 7.97. The maximum Gasteiger partial charge on any atom is 0.258 e. The van der Waals surface area contributed by atoms with Gasteiger partial charge in [-0.1, -0.05) is 24.3 Å².